The third kappa shape index (κ3) is 3.46. The van der Waals surface area contributed by atoms with Crippen LogP contribution < -0.4 is 10.2 Å². The van der Waals surface area contributed by atoms with Crippen molar-refractivity contribution in [2.24, 2.45) is 5.92 Å². The second-order valence-electron chi connectivity index (χ2n) is 5.97. The summed E-state index contributed by atoms with van der Waals surface area (Å²) in [7, 11) is 0. The average molecular weight is 418 g/mol. The van der Waals surface area contributed by atoms with Gasteiger partial charge in [0.2, 0.25) is 11.8 Å². The van der Waals surface area contributed by atoms with Crippen LogP contribution in [0.5, 0.6) is 0 Å². The van der Waals surface area contributed by atoms with Gasteiger partial charge in [0, 0.05) is 28.0 Å². The lowest BCUT2D eigenvalue weighted by Crippen LogP contribution is -2.28. The summed E-state index contributed by atoms with van der Waals surface area (Å²) in [5, 5.41) is 12.7. The van der Waals surface area contributed by atoms with Gasteiger partial charge in [0.15, 0.2) is 0 Å². The average Bonchev–Trinajstić information content (AvgIpc) is 3.08. The van der Waals surface area contributed by atoms with Crippen LogP contribution in [0.2, 0.25) is 0 Å². The number of nitrogens with one attached hydrogen (secondary N) is 1. The standard InChI is InChI=1S/C18H16BrN3O2S/c1-10-11(2)25-18(15(10)8-20)21-17(24)12-6-16(23)22(9-12)14-5-3-4-13(19)7-14/h3-5,7,12H,6,9H2,1-2H3,(H,21,24). The third-order valence-electron chi connectivity index (χ3n) is 4.35. The van der Waals surface area contributed by atoms with Crippen LogP contribution in [0.25, 0.3) is 0 Å². The van der Waals surface area contributed by atoms with Gasteiger partial charge in [-0.15, -0.1) is 11.3 Å². The molecule has 1 aliphatic heterocycles. The SMILES string of the molecule is Cc1sc(NC(=O)C2CC(=O)N(c3cccc(Br)c3)C2)c(C#N)c1C. The van der Waals surface area contributed by atoms with Crippen molar-refractivity contribution in [2.45, 2.75) is 20.3 Å². The Morgan fingerprint density at radius 1 is 1.44 bits per heavy atom. The minimum atomic E-state index is -0.430. The molecule has 1 atom stereocenters. The smallest absolute Gasteiger partial charge is 0.230 e. The highest BCUT2D eigenvalue weighted by molar-refractivity contribution is 9.10. The van der Waals surface area contributed by atoms with E-state index in [1.165, 1.54) is 11.3 Å². The molecule has 2 amide bonds. The van der Waals surface area contributed by atoms with Crippen LogP contribution in [0.3, 0.4) is 0 Å². The molecule has 0 spiro atoms. The first-order valence-corrected chi connectivity index (χ1v) is 9.38. The van der Waals surface area contributed by atoms with Gasteiger partial charge in [-0.2, -0.15) is 5.26 Å². The van der Waals surface area contributed by atoms with E-state index in [1.54, 1.807) is 4.90 Å². The first-order chi connectivity index (χ1) is 11.9. The van der Waals surface area contributed by atoms with Crippen molar-refractivity contribution >= 4 is 49.8 Å². The second kappa shape index (κ2) is 6.98. The van der Waals surface area contributed by atoms with Crippen LogP contribution in [-0.4, -0.2) is 18.4 Å². The molecule has 7 heteroatoms. The first-order valence-electron chi connectivity index (χ1n) is 7.77. The number of thiophene rings is 1. The molecule has 1 fully saturated rings. The molecule has 0 radical (unpaired) electrons. The molecular weight excluding hydrogens is 402 g/mol. The predicted octanol–water partition coefficient (Wildman–Crippen LogP) is 3.99. The van der Waals surface area contributed by atoms with E-state index < -0.39 is 5.92 Å². The van der Waals surface area contributed by atoms with Gasteiger partial charge in [0.1, 0.15) is 11.1 Å². The summed E-state index contributed by atoms with van der Waals surface area (Å²) in [6.45, 7) is 4.13. The van der Waals surface area contributed by atoms with Gasteiger partial charge in [-0.1, -0.05) is 22.0 Å². The van der Waals surface area contributed by atoms with E-state index in [0.717, 1.165) is 20.6 Å². The molecule has 1 unspecified atom stereocenters. The molecule has 128 valence electrons. The molecule has 5 nitrogen and oxygen atoms in total. The molecule has 0 bridgehead atoms. The number of rotatable bonds is 3. The fraction of sp³-hybridized carbons (Fsp3) is 0.278. The highest BCUT2D eigenvalue weighted by Crippen LogP contribution is 2.33. The van der Waals surface area contributed by atoms with Gasteiger partial charge < -0.3 is 10.2 Å². The van der Waals surface area contributed by atoms with Crippen molar-refractivity contribution in [2.75, 3.05) is 16.8 Å². The molecule has 1 N–H and O–H groups in total. The van der Waals surface area contributed by atoms with Gasteiger partial charge in [-0.05, 0) is 37.6 Å². The zero-order chi connectivity index (χ0) is 18.1. The Bertz CT molecular complexity index is 900. The summed E-state index contributed by atoms with van der Waals surface area (Å²) in [5.41, 5.74) is 2.17. The topological polar surface area (TPSA) is 73.2 Å². The van der Waals surface area contributed by atoms with E-state index in [9.17, 15) is 14.9 Å². The Morgan fingerprint density at radius 3 is 2.88 bits per heavy atom. The van der Waals surface area contributed by atoms with Crippen molar-refractivity contribution in [3.63, 3.8) is 0 Å². The normalized spacial score (nSPS) is 16.8. The van der Waals surface area contributed by atoms with Gasteiger partial charge in [-0.3, -0.25) is 9.59 Å². The van der Waals surface area contributed by atoms with Crippen LogP contribution in [0, 0.1) is 31.1 Å². The number of halogens is 1. The minimum Gasteiger partial charge on any atom is -0.316 e. The van der Waals surface area contributed by atoms with Gasteiger partial charge >= 0.3 is 0 Å². The molecule has 1 saturated heterocycles. The Hall–Kier alpha value is -2.17. The first kappa shape index (κ1) is 17.6. The maximum absolute atomic E-state index is 12.6. The van der Waals surface area contributed by atoms with Crippen LogP contribution in [0.1, 0.15) is 22.4 Å². The number of hydrogen-bond donors (Lipinski definition) is 1. The predicted molar refractivity (Wildman–Crippen MR) is 102 cm³/mol. The molecule has 3 rings (SSSR count). The molecule has 0 aliphatic carbocycles. The number of amides is 2. The Kier molecular flexibility index (Phi) is 4.93. The molecule has 1 aromatic carbocycles. The fourth-order valence-corrected chi connectivity index (χ4v) is 4.24. The Balaban J connectivity index is 1.76. The molecule has 2 aromatic rings. The third-order valence-corrected chi connectivity index (χ3v) is 5.97. The number of benzene rings is 1. The quantitative estimate of drug-likeness (QED) is 0.819. The van der Waals surface area contributed by atoms with Gasteiger partial charge in [-0.25, -0.2) is 0 Å². The molecule has 2 heterocycles. The summed E-state index contributed by atoms with van der Waals surface area (Å²) >= 11 is 4.79. The number of hydrogen-bond acceptors (Lipinski definition) is 4. The minimum absolute atomic E-state index is 0.0719. The van der Waals surface area contributed by atoms with E-state index in [1.807, 2.05) is 38.1 Å². The summed E-state index contributed by atoms with van der Waals surface area (Å²) in [4.78, 5) is 27.5. The van der Waals surface area contributed by atoms with Crippen LogP contribution in [0.15, 0.2) is 28.7 Å². The summed E-state index contributed by atoms with van der Waals surface area (Å²) < 4.78 is 0.883. The maximum Gasteiger partial charge on any atom is 0.230 e. The van der Waals surface area contributed by atoms with Crippen molar-refractivity contribution < 1.29 is 9.59 Å². The van der Waals surface area contributed by atoms with E-state index in [0.29, 0.717) is 17.1 Å². The number of carbonyl (C=O) groups is 2. The monoisotopic (exact) mass is 417 g/mol. The summed E-state index contributed by atoms with van der Waals surface area (Å²) in [6.07, 6.45) is 0.170. The molecule has 1 aromatic heterocycles. The molecular formula is C18H16BrN3O2S. The zero-order valence-corrected chi connectivity index (χ0v) is 16.2. The molecule has 1 aliphatic rings. The van der Waals surface area contributed by atoms with E-state index in [2.05, 4.69) is 27.3 Å². The lowest BCUT2D eigenvalue weighted by atomic mass is 10.1. The Morgan fingerprint density at radius 2 is 2.20 bits per heavy atom. The zero-order valence-electron chi connectivity index (χ0n) is 13.8. The Labute approximate surface area is 158 Å². The van der Waals surface area contributed by atoms with Crippen LogP contribution in [-0.2, 0) is 9.59 Å². The summed E-state index contributed by atoms with van der Waals surface area (Å²) in [6, 6.07) is 9.60. The van der Waals surface area contributed by atoms with Crippen molar-refractivity contribution in [1.29, 1.82) is 5.26 Å². The highest BCUT2D eigenvalue weighted by Gasteiger charge is 2.35. The van der Waals surface area contributed by atoms with E-state index in [4.69, 9.17) is 0 Å². The van der Waals surface area contributed by atoms with Gasteiger partial charge in [0.05, 0.1) is 11.5 Å². The van der Waals surface area contributed by atoms with E-state index in [-0.39, 0.29) is 18.2 Å². The molecule has 25 heavy (non-hydrogen) atoms. The number of aryl methyl sites for hydroxylation is 1. The van der Waals surface area contributed by atoms with Gasteiger partial charge in [0.25, 0.3) is 0 Å². The van der Waals surface area contributed by atoms with E-state index >= 15 is 0 Å². The number of anilines is 2. The summed E-state index contributed by atoms with van der Waals surface area (Å²) in [5.74, 6) is -0.721. The second-order valence-corrected chi connectivity index (χ2v) is 8.11. The van der Waals surface area contributed by atoms with Crippen molar-refractivity contribution in [1.82, 2.24) is 0 Å². The number of carbonyl (C=O) groups excluding carboxylic acids is 2. The van der Waals surface area contributed by atoms with Crippen LogP contribution in [0.4, 0.5) is 10.7 Å². The lowest BCUT2D eigenvalue weighted by molar-refractivity contribution is -0.122. The lowest BCUT2D eigenvalue weighted by Gasteiger charge is -2.17. The highest BCUT2D eigenvalue weighted by atomic mass is 79.9. The maximum atomic E-state index is 12.6. The van der Waals surface area contributed by atoms with Crippen molar-refractivity contribution in [3.05, 3.63) is 44.7 Å². The number of nitriles is 1. The number of nitrogens with zero attached hydrogens (tertiary/aromatic N) is 2. The largest absolute Gasteiger partial charge is 0.316 e. The fourth-order valence-electron chi connectivity index (χ4n) is 2.84. The van der Waals surface area contributed by atoms with Crippen molar-refractivity contribution in [3.8, 4) is 6.07 Å². The van der Waals surface area contributed by atoms with Crippen LogP contribution >= 0.6 is 27.3 Å². The molecule has 0 saturated carbocycles.